The fraction of sp³-hybridized carbons (Fsp3) is 0.409. The number of rotatable bonds is 4. The van der Waals surface area contributed by atoms with Crippen LogP contribution in [0.1, 0.15) is 29.6 Å². The molecule has 7 nitrogen and oxygen atoms in total. The minimum absolute atomic E-state index is 0.0393. The van der Waals surface area contributed by atoms with Crippen LogP contribution in [0.2, 0.25) is 0 Å². The SMILES string of the molecule is O=C(c1ccc(F)c(F)c1)N1CCN(c2cc(N3CCCCC3)c(F)cc2[N+](=O)[O-])CC1. The molecule has 0 aromatic heterocycles. The molecule has 2 aliphatic heterocycles. The van der Waals surface area contributed by atoms with Crippen molar-refractivity contribution in [1.82, 2.24) is 4.90 Å². The molecule has 0 spiro atoms. The van der Waals surface area contributed by atoms with Crippen LogP contribution in [-0.2, 0) is 0 Å². The number of anilines is 2. The summed E-state index contributed by atoms with van der Waals surface area (Å²) in [6.45, 7) is 2.47. The van der Waals surface area contributed by atoms with Gasteiger partial charge in [0.25, 0.3) is 11.6 Å². The zero-order valence-corrected chi connectivity index (χ0v) is 17.4. The summed E-state index contributed by atoms with van der Waals surface area (Å²) in [6.07, 6.45) is 2.96. The maximum Gasteiger partial charge on any atom is 0.295 e. The number of piperazine rings is 1. The number of hydrogen-bond acceptors (Lipinski definition) is 5. The predicted molar refractivity (Wildman–Crippen MR) is 114 cm³/mol. The van der Waals surface area contributed by atoms with Gasteiger partial charge >= 0.3 is 0 Å². The first kappa shape index (κ1) is 21.9. The van der Waals surface area contributed by atoms with Crippen LogP contribution in [0.15, 0.2) is 30.3 Å². The smallest absolute Gasteiger partial charge is 0.295 e. The topological polar surface area (TPSA) is 69.9 Å². The van der Waals surface area contributed by atoms with Gasteiger partial charge in [0.05, 0.1) is 16.7 Å². The van der Waals surface area contributed by atoms with E-state index in [4.69, 9.17) is 0 Å². The van der Waals surface area contributed by atoms with Gasteiger partial charge in [0.15, 0.2) is 17.5 Å². The van der Waals surface area contributed by atoms with Crippen molar-refractivity contribution in [2.75, 3.05) is 49.1 Å². The number of piperidine rings is 1. The Hall–Kier alpha value is -3.30. The molecule has 0 saturated carbocycles. The molecule has 2 fully saturated rings. The fourth-order valence-electron chi connectivity index (χ4n) is 4.28. The number of nitro benzene ring substituents is 1. The molecule has 0 unspecified atom stereocenters. The van der Waals surface area contributed by atoms with Gasteiger partial charge in [0.1, 0.15) is 5.69 Å². The Balaban J connectivity index is 1.53. The Labute approximate surface area is 183 Å². The Morgan fingerprint density at radius 2 is 1.44 bits per heavy atom. The van der Waals surface area contributed by atoms with Gasteiger partial charge in [-0.25, -0.2) is 13.2 Å². The van der Waals surface area contributed by atoms with Crippen LogP contribution < -0.4 is 9.80 Å². The molecule has 10 heteroatoms. The molecular formula is C22H23F3N4O3. The lowest BCUT2D eigenvalue weighted by atomic mass is 10.1. The lowest BCUT2D eigenvalue weighted by molar-refractivity contribution is -0.384. The predicted octanol–water partition coefficient (Wildman–Crippen LogP) is 3.96. The minimum atomic E-state index is -1.10. The third-order valence-electron chi connectivity index (χ3n) is 6.01. The number of benzene rings is 2. The second-order valence-corrected chi connectivity index (χ2v) is 8.01. The quantitative estimate of drug-likeness (QED) is 0.523. The van der Waals surface area contributed by atoms with Crippen molar-refractivity contribution in [1.29, 1.82) is 0 Å². The van der Waals surface area contributed by atoms with Gasteiger partial charge in [-0.2, -0.15) is 0 Å². The Morgan fingerprint density at radius 3 is 2.06 bits per heavy atom. The highest BCUT2D eigenvalue weighted by molar-refractivity contribution is 5.94. The number of carbonyl (C=O) groups is 1. The molecule has 0 atom stereocenters. The van der Waals surface area contributed by atoms with E-state index in [9.17, 15) is 28.1 Å². The summed E-state index contributed by atoms with van der Waals surface area (Å²) in [5, 5.41) is 11.6. The van der Waals surface area contributed by atoms with E-state index >= 15 is 0 Å². The first-order valence-electron chi connectivity index (χ1n) is 10.6. The second kappa shape index (κ2) is 9.05. The van der Waals surface area contributed by atoms with Gasteiger partial charge < -0.3 is 14.7 Å². The molecule has 2 aliphatic rings. The van der Waals surface area contributed by atoms with Gasteiger partial charge in [-0.3, -0.25) is 14.9 Å². The van der Waals surface area contributed by atoms with Gasteiger partial charge in [0, 0.05) is 44.8 Å². The van der Waals surface area contributed by atoms with E-state index in [1.807, 2.05) is 4.90 Å². The molecular weight excluding hydrogens is 425 g/mol. The maximum absolute atomic E-state index is 14.7. The summed E-state index contributed by atoms with van der Waals surface area (Å²) >= 11 is 0. The minimum Gasteiger partial charge on any atom is -0.369 e. The molecule has 0 N–H and O–H groups in total. The summed E-state index contributed by atoms with van der Waals surface area (Å²) < 4.78 is 41.3. The van der Waals surface area contributed by atoms with Crippen molar-refractivity contribution in [3.63, 3.8) is 0 Å². The second-order valence-electron chi connectivity index (χ2n) is 8.01. The van der Waals surface area contributed by atoms with E-state index in [1.54, 1.807) is 4.90 Å². The van der Waals surface area contributed by atoms with Crippen LogP contribution in [0, 0.1) is 27.6 Å². The zero-order chi connectivity index (χ0) is 22.8. The Morgan fingerprint density at radius 1 is 0.781 bits per heavy atom. The lowest BCUT2D eigenvalue weighted by Crippen LogP contribution is -2.49. The maximum atomic E-state index is 14.7. The first-order chi connectivity index (χ1) is 15.3. The van der Waals surface area contributed by atoms with Crippen LogP contribution in [-0.4, -0.2) is 55.0 Å². The van der Waals surface area contributed by atoms with E-state index in [0.717, 1.165) is 37.5 Å². The molecule has 1 amide bonds. The van der Waals surface area contributed by atoms with Crippen molar-refractivity contribution < 1.29 is 22.9 Å². The Bertz CT molecular complexity index is 1040. The number of nitrogens with zero attached hydrogens (tertiary/aromatic N) is 4. The molecule has 0 radical (unpaired) electrons. The summed E-state index contributed by atoms with van der Waals surface area (Å²) in [7, 11) is 0. The molecule has 32 heavy (non-hydrogen) atoms. The summed E-state index contributed by atoms with van der Waals surface area (Å²) in [4.78, 5) is 28.8. The van der Waals surface area contributed by atoms with Gasteiger partial charge in [-0.1, -0.05) is 0 Å². The highest BCUT2D eigenvalue weighted by Gasteiger charge is 2.29. The molecule has 2 aromatic rings. The third kappa shape index (κ3) is 4.35. The van der Waals surface area contributed by atoms with Crippen LogP contribution in [0.25, 0.3) is 0 Å². The molecule has 0 aliphatic carbocycles. The van der Waals surface area contributed by atoms with Crippen molar-refractivity contribution >= 4 is 23.0 Å². The average molecular weight is 448 g/mol. The lowest BCUT2D eigenvalue weighted by Gasteiger charge is -2.36. The number of hydrogen-bond donors (Lipinski definition) is 0. The molecule has 2 heterocycles. The average Bonchev–Trinajstić information content (AvgIpc) is 2.81. The van der Waals surface area contributed by atoms with Gasteiger partial charge in [0.2, 0.25) is 0 Å². The van der Waals surface area contributed by atoms with Crippen molar-refractivity contribution in [3.05, 3.63) is 63.5 Å². The fourth-order valence-corrected chi connectivity index (χ4v) is 4.28. The van der Waals surface area contributed by atoms with Crippen LogP contribution in [0.5, 0.6) is 0 Å². The van der Waals surface area contributed by atoms with E-state index in [-0.39, 0.29) is 24.3 Å². The van der Waals surface area contributed by atoms with Crippen LogP contribution in [0.4, 0.5) is 30.2 Å². The normalized spacial score (nSPS) is 16.9. The number of carbonyl (C=O) groups excluding carboxylic acids is 1. The molecule has 170 valence electrons. The largest absolute Gasteiger partial charge is 0.369 e. The first-order valence-corrected chi connectivity index (χ1v) is 10.6. The highest BCUT2D eigenvalue weighted by atomic mass is 19.2. The van der Waals surface area contributed by atoms with Crippen LogP contribution >= 0.6 is 0 Å². The zero-order valence-electron chi connectivity index (χ0n) is 17.4. The summed E-state index contributed by atoms with van der Waals surface area (Å²) in [5.74, 6) is -3.18. The standard InChI is InChI=1S/C22H23F3N4O3/c23-16-5-4-15(12-17(16)24)22(30)28-10-8-27(9-11-28)20-14-19(26-6-2-1-3-7-26)18(25)13-21(20)29(31)32/h4-5,12-14H,1-3,6-11H2. The van der Waals surface area contributed by atoms with E-state index in [2.05, 4.69) is 0 Å². The van der Waals surface area contributed by atoms with Crippen molar-refractivity contribution in [2.45, 2.75) is 19.3 Å². The highest BCUT2D eigenvalue weighted by Crippen LogP contribution is 2.36. The van der Waals surface area contributed by atoms with E-state index < -0.39 is 28.3 Å². The number of halogens is 3. The van der Waals surface area contributed by atoms with Gasteiger partial charge in [-0.15, -0.1) is 0 Å². The monoisotopic (exact) mass is 448 g/mol. The summed E-state index contributed by atoms with van der Waals surface area (Å²) in [6, 6.07) is 5.50. The molecule has 0 bridgehead atoms. The molecule has 2 aromatic carbocycles. The molecule has 4 rings (SSSR count). The number of amides is 1. The number of nitro groups is 1. The van der Waals surface area contributed by atoms with Crippen molar-refractivity contribution in [3.8, 4) is 0 Å². The van der Waals surface area contributed by atoms with Crippen molar-refractivity contribution in [2.24, 2.45) is 0 Å². The van der Waals surface area contributed by atoms with Gasteiger partial charge in [-0.05, 0) is 43.5 Å². The van der Waals surface area contributed by atoms with Crippen LogP contribution in [0.3, 0.4) is 0 Å². The van der Waals surface area contributed by atoms with E-state index in [0.29, 0.717) is 37.6 Å². The summed E-state index contributed by atoms with van der Waals surface area (Å²) in [5.41, 5.74) is 0.392. The molecule has 2 saturated heterocycles. The third-order valence-corrected chi connectivity index (χ3v) is 6.01. The van der Waals surface area contributed by atoms with E-state index in [1.165, 1.54) is 17.0 Å². The Kier molecular flexibility index (Phi) is 6.20.